The lowest BCUT2D eigenvalue weighted by molar-refractivity contribution is 0.505. The lowest BCUT2D eigenvalue weighted by Gasteiger charge is -2.30. The molecule has 0 saturated heterocycles. The van der Waals surface area contributed by atoms with Crippen molar-refractivity contribution in [1.82, 2.24) is 0 Å². The van der Waals surface area contributed by atoms with Crippen LogP contribution in [0.4, 0.5) is 5.69 Å². The SMILES string of the molecule is CC(C)C(C)N(C)c1ccc([C@@H](C)N)c(Br)c1. The Morgan fingerprint density at radius 2 is 1.76 bits per heavy atom. The van der Waals surface area contributed by atoms with Gasteiger partial charge in [-0.05, 0) is 37.5 Å². The highest BCUT2D eigenvalue weighted by molar-refractivity contribution is 9.10. The fourth-order valence-corrected chi connectivity index (χ4v) is 2.51. The first-order chi connectivity index (χ1) is 7.84. The first kappa shape index (κ1) is 14.5. The molecule has 17 heavy (non-hydrogen) atoms. The molecule has 3 heteroatoms. The molecule has 0 saturated carbocycles. The topological polar surface area (TPSA) is 29.3 Å². The van der Waals surface area contributed by atoms with Crippen molar-refractivity contribution in [2.24, 2.45) is 11.7 Å². The summed E-state index contributed by atoms with van der Waals surface area (Å²) in [4.78, 5) is 2.31. The van der Waals surface area contributed by atoms with Crippen LogP contribution in [0.2, 0.25) is 0 Å². The van der Waals surface area contributed by atoms with E-state index < -0.39 is 0 Å². The van der Waals surface area contributed by atoms with Crippen LogP contribution in [-0.4, -0.2) is 13.1 Å². The summed E-state index contributed by atoms with van der Waals surface area (Å²) < 4.78 is 1.09. The largest absolute Gasteiger partial charge is 0.372 e. The van der Waals surface area contributed by atoms with E-state index in [1.54, 1.807) is 0 Å². The zero-order chi connectivity index (χ0) is 13.2. The molecular formula is C14H23BrN2. The smallest absolute Gasteiger partial charge is 0.0377 e. The van der Waals surface area contributed by atoms with Crippen molar-refractivity contribution >= 4 is 21.6 Å². The Bertz CT molecular complexity index is 374. The molecule has 0 fully saturated rings. The standard InChI is InChI=1S/C14H23BrN2/c1-9(2)11(4)17(5)12-6-7-13(10(3)16)14(15)8-12/h6-11H,16H2,1-5H3/t10-,11?/m1/s1. The van der Waals surface area contributed by atoms with E-state index in [-0.39, 0.29) is 6.04 Å². The highest BCUT2D eigenvalue weighted by Gasteiger charge is 2.15. The fraction of sp³-hybridized carbons (Fsp3) is 0.571. The second kappa shape index (κ2) is 5.87. The highest BCUT2D eigenvalue weighted by Crippen LogP contribution is 2.28. The van der Waals surface area contributed by atoms with Crippen molar-refractivity contribution in [2.45, 2.75) is 39.8 Å². The van der Waals surface area contributed by atoms with Gasteiger partial charge in [0.15, 0.2) is 0 Å². The number of anilines is 1. The molecule has 1 rings (SSSR count). The Morgan fingerprint density at radius 3 is 2.18 bits per heavy atom. The lowest BCUT2D eigenvalue weighted by atomic mass is 10.0. The van der Waals surface area contributed by atoms with Crippen molar-refractivity contribution in [3.05, 3.63) is 28.2 Å². The van der Waals surface area contributed by atoms with Gasteiger partial charge in [0.1, 0.15) is 0 Å². The van der Waals surface area contributed by atoms with Crippen LogP contribution in [-0.2, 0) is 0 Å². The van der Waals surface area contributed by atoms with Gasteiger partial charge in [0, 0.05) is 29.3 Å². The minimum Gasteiger partial charge on any atom is -0.372 e. The van der Waals surface area contributed by atoms with Crippen LogP contribution in [0.25, 0.3) is 0 Å². The summed E-state index contributed by atoms with van der Waals surface area (Å²) in [5.74, 6) is 0.631. The molecule has 2 nitrogen and oxygen atoms in total. The molecule has 0 radical (unpaired) electrons. The van der Waals surface area contributed by atoms with Gasteiger partial charge in [-0.1, -0.05) is 35.8 Å². The summed E-state index contributed by atoms with van der Waals surface area (Å²) >= 11 is 3.60. The van der Waals surface area contributed by atoms with Gasteiger partial charge >= 0.3 is 0 Å². The van der Waals surface area contributed by atoms with Crippen LogP contribution in [0.5, 0.6) is 0 Å². The van der Waals surface area contributed by atoms with Crippen LogP contribution < -0.4 is 10.6 Å². The van der Waals surface area contributed by atoms with Crippen LogP contribution in [0.1, 0.15) is 39.3 Å². The molecule has 0 aliphatic carbocycles. The van der Waals surface area contributed by atoms with Crippen molar-refractivity contribution in [2.75, 3.05) is 11.9 Å². The number of hydrogen-bond acceptors (Lipinski definition) is 2. The second-order valence-corrected chi connectivity index (χ2v) is 5.94. The summed E-state index contributed by atoms with van der Waals surface area (Å²) in [7, 11) is 2.14. The van der Waals surface area contributed by atoms with E-state index in [0.717, 1.165) is 10.0 Å². The number of nitrogens with zero attached hydrogens (tertiary/aromatic N) is 1. The number of rotatable bonds is 4. The van der Waals surface area contributed by atoms with Gasteiger partial charge in [-0.25, -0.2) is 0 Å². The van der Waals surface area contributed by atoms with Gasteiger partial charge in [-0.15, -0.1) is 0 Å². The summed E-state index contributed by atoms with van der Waals surface area (Å²) in [6, 6.07) is 6.97. The molecule has 0 aliphatic rings. The molecular weight excluding hydrogens is 276 g/mol. The molecule has 2 atom stereocenters. The maximum absolute atomic E-state index is 5.91. The maximum atomic E-state index is 5.91. The van der Waals surface area contributed by atoms with Crippen LogP contribution in [0.3, 0.4) is 0 Å². The van der Waals surface area contributed by atoms with Gasteiger partial charge in [0.25, 0.3) is 0 Å². The van der Waals surface area contributed by atoms with Crippen molar-refractivity contribution in [3.8, 4) is 0 Å². The average Bonchev–Trinajstić information content (AvgIpc) is 2.26. The summed E-state index contributed by atoms with van der Waals surface area (Å²) in [5, 5.41) is 0. The van der Waals surface area contributed by atoms with E-state index in [2.05, 4.69) is 66.8 Å². The quantitative estimate of drug-likeness (QED) is 0.912. The van der Waals surface area contributed by atoms with Crippen molar-refractivity contribution in [1.29, 1.82) is 0 Å². The van der Waals surface area contributed by atoms with E-state index >= 15 is 0 Å². The normalized spacial score (nSPS) is 14.8. The zero-order valence-electron chi connectivity index (χ0n) is 11.4. The zero-order valence-corrected chi connectivity index (χ0v) is 13.0. The molecule has 0 bridgehead atoms. The summed E-state index contributed by atoms with van der Waals surface area (Å²) in [5.41, 5.74) is 8.28. The third-order valence-corrected chi connectivity index (χ3v) is 4.14. The number of hydrogen-bond donors (Lipinski definition) is 1. The summed E-state index contributed by atoms with van der Waals surface area (Å²) in [6.07, 6.45) is 0. The second-order valence-electron chi connectivity index (χ2n) is 5.09. The Kier molecular flexibility index (Phi) is 5.02. The first-order valence-electron chi connectivity index (χ1n) is 6.12. The van der Waals surface area contributed by atoms with E-state index in [0.29, 0.717) is 12.0 Å². The van der Waals surface area contributed by atoms with E-state index in [4.69, 9.17) is 5.73 Å². The van der Waals surface area contributed by atoms with Crippen molar-refractivity contribution in [3.63, 3.8) is 0 Å². The van der Waals surface area contributed by atoms with Crippen LogP contribution >= 0.6 is 15.9 Å². The molecule has 1 aromatic rings. The number of halogens is 1. The maximum Gasteiger partial charge on any atom is 0.0377 e. The van der Waals surface area contributed by atoms with Gasteiger partial charge < -0.3 is 10.6 Å². The highest BCUT2D eigenvalue weighted by atomic mass is 79.9. The first-order valence-corrected chi connectivity index (χ1v) is 6.91. The molecule has 0 aromatic heterocycles. The Labute approximate surface area is 113 Å². The fourth-order valence-electron chi connectivity index (χ4n) is 1.79. The number of benzene rings is 1. The predicted octanol–water partition coefficient (Wildman–Crippen LogP) is 3.95. The molecule has 1 aromatic carbocycles. The molecule has 96 valence electrons. The van der Waals surface area contributed by atoms with E-state index in [1.165, 1.54) is 5.69 Å². The van der Waals surface area contributed by atoms with Gasteiger partial charge in [-0.3, -0.25) is 0 Å². The monoisotopic (exact) mass is 298 g/mol. The average molecular weight is 299 g/mol. The number of nitrogens with two attached hydrogens (primary N) is 1. The Balaban J connectivity index is 2.97. The van der Waals surface area contributed by atoms with Gasteiger partial charge in [-0.2, -0.15) is 0 Å². The third-order valence-electron chi connectivity index (χ3n) is 3.46. The third kappa shape index (κ3) is 3.46. The Morgan fingerprint density at radius 1 is 1.18 bits per heavy atom. The lowest BCUT2D eigenvalue weighted by Crippen LogP contribution is -2.33. The molecule has 1 unspecified atom stereocenters. The molecule has 2 N–H and O–H groups in total. The summed E-state index contributed by atoms with van der Waals surface area (Å²) in [6.45, 7) is 8.73. The molecule has 0 spiro atoms. The van der Waals surface area contributed by atoms with Crippen LogP contribution in [0.15, 0.2) is 22.7 Å². The molecule has 0 heterocycles. The molecule has 0 aliphatic heterocycles. The van der Waals surface area contributed by atoms with Crippen LogP contribution in [0, 0.1) is 5.92 Å². The Hall–Kier alpha value is -0.540. The van der Waals surface area contributed by atoms with Gasteiger partial charge in [0.05, 0.1) is 0 Å². The molecule has 0 amide bonds. The van der Waals surface area contributed by atoms with Crippen molar-refractivity contribution < 1.29 is 0 Å². The predicted molar refractivity (Wildman–Crippen MR) is 79.4 cm³/mol. The van der Waals surface area contributed by atoms with E-state index in [9.17, 15) is 0 Å². The van der Waals surface area contributed by atoms with Gasteiger partial charge in [0.2, 0.25) is 0 Å². The van der Waals surface area contributed by atoms with E-state index in [1.807, 2.05) is 6.92 Å². The minimum atomic E-state index is 0.0613. The minimum absolute atomic E-state index is 0.0613.